The van der Waals surface area contributed by atoms with Crippen LogP contribution in [0.3, 0.4) is 0 Å². The van der Waals surface area contributed by atoms with E-state index in [2.05, 4.69) is 10.3 Å². The molecule has 27 heavy (non-hydrogen) atoms. The number of sulfonamides is 1. The smallest absolute Gasteiger partial charge is 0.242 e. The van der Waals surface area contributed by atoms with Crippen LogP contribution in [0.2, 0.25) is 5.02 Å². The molecular formula is C19H20ClN3O2S2. The fourth-order valence-electron chi connectivity index (χ4n) is 2.58. The van der Waals surface area contributed by atoms with Gasteiger partial charge in [-0.25, -0.2) is 17.7 Å². The Morgan fingerprint density at radius 2 is 1.96 bits per heavy atom. The van der Waals surface area contributed by atoms with E-state index >= 15 is 0 Å². The molecule has 0 saturated heterocycles. The van der Waals surface area contributed by atoms with Crippen molar-refractivity contribution in [2.24, 2.45) is 0 Å². The number of aromatic nitrogens is 1. The van der Waals surface area contributed by atoms with Gasteiger partial charge in [0.1, 0.15) is 5.01 Å². The lowest BCUT2D eigenvalue weighted by Gasteiger charge is -2.14. The highest BCUT2D eigenvalue weighted by atomic mass is 35.5. The molecule has 0 amide bonds. The Hall–Kier alpha value is -1.93. The van der Waals surface area contributed by atoms with Crippen LogP contribution < -0.4 is 5.32 Å². The monoisotopic (exact) mass is 421 g/mol. The van der Waals surface area contributed by atoms with Crippen LogP contribution >= 0.6 is 22.9 Å². The van der Waals surface area contributed by atoms with Crippen LogP contribution in [0.15, 0.2) is 53.6 Å². The molecule has 0 atom stereocenters. The maximum Gasteiger partial charge on any atom is 0.242 e. The Morgan fingerprint density at radius 3 is 2.63 bits per heavy atom. The quantitative estimate of drug-likeness (QED) is 0.630. The van der Waals surface area contributed by atoms with Crippen LogP contribution in [-0.2, 0) is 16.6 Å². The fourth-order valence-corrected chi connectivity index (χ4v) is 4.72. The molecule has 8 heteroatoms. The standard InChI is InChI=1S/C19H20ClN3O2S2/c1-13-9-16(7-8-18(13)27(24,25)23(2)3)21-11-17-12-22-19(26-17)14-5-4-6-15(20)10-14/h4-10,12,21H,11H2,1-3H3. The summed E-state index contributed by atoms with van der Waals surface area (Å²) in [6.45, 7) is 2.41. The van der Waals surface area contributed by atoms with E-state index in [0.717, 1.165) is 21.1 Å². The van der Waals surface area contributed by atoms with Gasteiger partial charge in [0.15, 0.2) is 0 Å². The molecule has 0 aliphatic rings. The number of hydrogen-bond donors (Lipinski definition) is 1. The molecule has 0 aliphatic carbocycles. The van der Waals surface area contributed by atoms with Gasteiger partial charge in [0.2, 0.25) is 10.0 Å². The van der Waals surface area contributed by atoms with E-state index in [1.165, 1.54) is 18.4 Å². The lowest BCUT2D eigenvalue weighted by Crippen LogP contribution is -2.23. The van der Waals surface area contributed by atoms with Gasteiger partial charge in [-0.1, -0.05) is 23.7 Å². The SMILES string of the molecule is Cc1cc(NCc2cnc(-c3cccc(Cl)c3)s2)ccc1S(=O)(=O)N(C)C. The third-order valence-corrected chi connectivity index (χ3v) is 7.28. The molecule has 1 N–H and O–H groups in total. The molecule has 3 aromatic rings. The molecule has 1 aromatic heterocycles. The van der Waals surface area contributed by atoms with E-state index in [4.69, 9.17) is 11.6 Å². The van der Waals surface area contributed by atoms with Gasteiger partial charge in [0.05, 0.1) is 11.4 Å². The second kappa shape index (κ2) is 7.98. The van der Waals surface area contributed by atoms with E-state index in [1.807, 2.05) is 36.5 Å². The summed E-state index contributed by atoms with van der Waals surface area (Å²) in [5, 5.41) is 4.92. The topological polar surface area (TPSA) is 62.3 Å². The van der Waals surface area contributed by atoms with Crippen molar-refractivity contribution < 1.29 is 8.42 Å². The molecule has 0 fully saturated rings. The molecule has 0 aliphatic heterocycles. The van der Waals surface area contributed by atoms with Crippen LogP contribution in [0, 0.1) is 6.92 Å². The Labute approximate surface area is 168 Å². The van der Waals surface area contributed by atoms with Crippen LogP contribution in [0.5, 0.6) is 0 Å². The van der Waals surface area contributed by atoms with E-state index in [-0.39, 0.29) is 0 Å². The van der Waals surface area contributed by atoms with Crippen molar-refractivity contribution in [1.29, 1.82) is 0 Å². The molecule has 2 aromatic carbocycles. The number of rotatable bonds is 6. The van der Waals surface area contributed by atoms with Crippen molar-refractivity contribution in [3.8, 4) is 10.6 Å². The summed E-state index contributed by atoms with van der Waals surface area (Å²) in [4.78, 5) is 5.85. The number of aryl methyl sites for hydroxylation is 1. The van der Waals surface area contributed by atoms with Gasteiger partial charge in [-0.2, -0.15) is 0 Å². The zero-order valence-electron chi connectivity index (χ0n) is 15.2. The third-order valence-electron chi connectivity index (χ3n) is 4.03. The molecule has 0 spiro atoms. The van der Waals surface area contributed by atoms with E-state index in [0.29, 0.717) is 22.0 Å². The Balaban J connectivity index is 1.72. The predicted octanol–water partition coefficient (Wildman–Crippen LogP) is 4.63. The number of benzene rings is 2. The Morgan fingerprint density at radius 1 is 1.19 bits per heavy atom. The first-order chi connectivity index (χ1) is 12.8. The highest BCUT2D eigenvalue weighted by Gasteiger charge is 2.19. The second-order valence-corrected chi connectivity index (χ2v) is 9.94. The van der Waals surface area contributed by atoms with Gasteiger partial charge in [-0.3, -0.25) is 0 Å². The molecule has 0 unspecified atom stereocenters. The van der Waals surface area contributed by atoms with E-state index < -0.39 is 10.0 Å². The van der Waals surface area contributed by atoms with Crippen molar-refractivity contribution in [3.05, 3.63) is 64.1 Å². The van der Waals surface area contributed by atoms with Gasteiger partial charge in [0, 0.05) is 41.4 Å². The van der Waals surface area contributed by atoms with Crippen LogP contribution in [0.1, 0.15) is 10.4 Å². The van der Waals surface area contributed by atoms with E-state index in [1.54, 1.807) is 30.4 Å². The van der Waals surface area contributed by atoms with Crippen LogP contribution in [-0.4, -0.2) is 31.8 Å². The largest absolute Gasteiger partial charge is 0.380 e. The minimum Gasteiger partial charge on any atom is -0.380 e. The number of thiazole rings is 1. The highest BCUT2D eigenvalue weighted by Crippen LogP contribution is 2.28. The van der Waals surface area contributed by atoms with Crippen LogP contribution in [0.25, 0.3) is 10.6 Å². The first-order valence-electron chi connectivity index (χ1n) is 8.25. The van der Waals surface area contributed by atoms with Crippen molar-refractivity contribution >= 4 is 38.6 Å². The zero-order valence-corrected chi connectivity index (χ0v) is 17.6. The van der Waals surface area contributed by atoms with Gasteiger partial charge in [0.25, 0.3) is 0 Å². The summed E-state index contributed by atoms with van der Waals surface area (Å²) in [6, 6.07) is 12.9. The molecule has 1 heterocycles. The molecular weight excluding hydrogens is 402 g/mol. The summed E-state index contributed by atoms with van der Waals surface area (Å²) in [7, 11) is -0.375. The number of nitrogens with one attached hydrogen (secondary N) is 1. The number of anilines is 1. The first kappa shape index (κ1) is 19.8. The minimum atomic E-state index is -3.44. The molecule has 0 saturated carbocycles. The third kappa shape index (κ3) is 4.50. The van der Waals surface area contributed by atoms with Crippen molar-refractivity contribution in [2.75, 3.05) is 19.4 Å². The van der Waals surface area contributed by atoms with E-state index in [9.17, 15) is 8.42 Å². The number of nitrogens with zero attached hydrogens (tertiary/aromatic N) is 2. The molecule has 142 valence electrons. The van der Waals surface area contributed by atoms with Gasteiger partial charge >= 0.3 is 0 Å². The van der Waals surface area contributed by atoms with Gasteiger partial charge in [-0.05, 0) is 42.8 Å². The highest BCUT2D eigenvalue weighted by molar-refractivity contribution is 7.89. The average Bonchev–Trinajstić information content (AvgIpc) is 3.08. The molecule has 3 rings (SSSR count). The van der Waals surface area contributed by atoms with Crippen LogP contribution in [0.4, 0.5) is 5.69 Å². The fraction of sp³-hybridized carbons (Fsp3) is 0.211. The summed E-state index contributed by atoms with van der Waals surface area (Å²) in [5.41, 5.74) is 2.56. The summed E-state index contributed by atoms with van der Waals surface area (Å²) >= 11 is 7.64. The number of hydrogen-bond acceptors (Lipinski definition) is 5. The lowest BCUT2D eigenvalue weighted by atomic mass is 10.2. The van der Waals surface area contributed by atoms with Crippen molar-refractivity contribution in [3.63, 3.8) is 0 Å². The predicted molar refractivity (Wildman–Crippen MR) is 112 cm³/mol. The molecule has 5 nitrogen and oxygen atoms in total. The first-order valence-corrected chi connectivity index (χ1v) is 10.9. The van der Waals surface area contributed by atoms with Crippen molar-refractivity contribution in [2.45, 2.75) is 18.4 Å². The second-order valence-electron chi connectivity index (χ2n) is 6.26. The summed E-state index contributed by atoms with van der Waals surface area (Å²) in [6.07, 6.45) is 1.84. The summed E-state index contributed by atoms with van der Waals surface area (Å²) < 4.78 is 25.8. The lowest BCUT2D eigenvalue weighted by molar-refractivity contribution is 0.520. The Bertz CT molecular complexity index is 1060. The molecule has 0 radical (unpaired) electrons. The number of halogens is 1. The minimum absolute atomic E-state index is 0.319. The van der Waals surface area contributed by atoms with Gasteiger partial charge in [-0.15, -0.1) is 11.3 Å². The van der Waals surface area contributed by atoms with Gasteiger partial charge < -0.3 is 5.32 Å². The Kier molecular flexibility index (Phi) is 5.86. The maximum absolute atomic E-state index is 12.3. The van der Waals surface area contributed by atoms with Crippen molar-refractivity contribution in [1.82, 2.24) is 9.29 Å². The zero-order chi connectivity index (χ0) is 19.6. The normalized spacial score (nSPS) is 11.7. The molecule has 0 bridgehead atoms. The maximum atomic E-state index is 12.3. The summed E-state index contributed by atoms with van der Waals surface area (Å²) in [5.74, 6) is 0. The average molecular weight is 422 g/mol.